The lowest BCUT2D eigenvalue weighted by Crippen LogP contribution is -2.00. The molecular weight excluding hydrogens is 371 g/mol. The Morgan fingerprint density at radius 2 is 2.11 bits per heavy atom. The van der Waals surface area contributed by atoms with E-state index in [1.807, 2.05) is 12.3 Å². The molecule has 3 aromatic rings. The molecular formula is C18H15FN4O3S. The maximum Gasteiger partial charge on any atom is 0.311 e. The van der Waals surface area contributed by atoms with Crippen LogP contribution in [0.5, 0.6) is 5.75 Å². The average Bonchev–Trinajstić information content (AvgIpc) is 3.07. The van der Waals surface area contributed by atoms with Crippen molar-refractivity contribution in [2.75, 3.05) is 5.43 Å². The monoisotopic (exact) mass is 386 g/mol. The zero-order valence-electron chi connectivity index (χ0n) is 14.3. The molecule has 0 radical (unpaired) electrons. The van der Waals surface area contributed by atoms with E-state index >= 15 is 0 Å². The van der Waals surface area contributed by atoms with Gasteiger partial charge in [0.15, 0.2) is 5.75 Å². The fourth-order valence-electron chi connectivity index (χ4n) is 2.19. The van der Waals surface area contributed by atoms with Crippen molar-refractivity contribution >= 4 is 28.4 Å². The number of nitrogens with one attached hydrogen (secondary N) is 1. The van der Waals surface area contributed by atoms with E-state index in [1.165, 1.54) is 41.8 Å². The summed E-state index contributed by atoms with van der Waals surface area (Å²) in [5.41, 5.74) is 4.73. The summed E-state index contributed by atoms with van der Waals surface area (Å²) in [6, 6.07) is 10.3. The number of nitrogens with zero attached hydrogens (tertiary/aromatic N) is 3. The molecule has 0 aliphatic rings. The molecule has 0 unspecified atom stereocenters. The highest BCUT2D eigenvalue weighted by Gasteiger charge is 2.16. The van der Waals surface area contributed by atoms with Gasteiger partial charge in [-0.25, -0.2) is 9.37 Å². The molecule has 27 heavy (non-hydrogen) atoms. The summed E-state index contributed by atoms with van der Waals surface area (Å²) in [5, 5.41) is 17.9. The van der Waals surface area contributed by atoms with E-state index in [4.69, 9.17) is 4.74 Å². The molecule has 0 bridgehead atoms. The van der Waals surface area contributed by atoms with E-state index in [9.17, 15) is 14.5 Å². The van der Waals surface area contributed by atoms with Gasteiger partial charge in [0.2, 0.25) is 5.13 Å². The Balaban J connectivity index is 1.70. The zero-order chi connectivity index (χ0) is 19.2. The van der Waals surface area contributed by atoms with Crippen LogP contribution in [0.3, 0.4) is 0 Å². The number of aromatic nitrogens is 1. The van der Waals surface area contributed by atoms with Crippen LogP contribution in [0.15, 0.2) is 52.9 Å². The second kappa shape index (κ2) is 8.37. The van der Waals surface area contributed by atoms with Gasteiger partial charge in [-0.05, 0) is 36.8 Å². The molecule has 0 fully saturated rings. The molecule has 1 aromatic heterocycles. The van der Waals surface area contributed by atoms with E-state index in [2.05, 4.69) is 15.5 Å². The molecule has 1 N–H and O–H groups in total. The van der Waals surface area contributed by atoms with Crippen LogP contribution in [0.1, 0.15) is 16.8 Å². The molecule has 0 saturated carbocycles. The van der Waals surface area contributed by atoms with Crippen molar-refractivity contribution in [1.82, 2.24) is 4.98 Å². The first-order chi connectivity index (χ1) is 13.0. The topological polar surface area (TPSA) is 89.7 Å². The van der Waals surface area contributed by atoms with Crippen LogP contribution in [0.2, 0.25) is 0 Å². The Hall–Kier alpha value is -3.33. The van der Waals surface area contributed by atoms with Gasteiger partial charge in [0.25, 0.3) is 0 Å². The zero-order valence-corrected chi connectivity index (χ0v) is 15.1. The Labute approximate surface area is 158 Å². The number of thiazole rings is 1. The van der Waals surface area contributed by atoms with Gasteiger partial charge < -0.3 is 4.74 Å². The summed E-state index contributed by atoms with van der Waals surface area (Å²) < 4.78 is 18.4. The summed E-state index contributed by atoms with van der Waals surface area (Å²) in [7, 11) is 0. The summed E-state index contributed by atoms with van der Waals surface area (Å²) in [5.74, 6) is -0.222. The number of hydrogen-bond acceptors (Lipinski definition) is 7. The molecule has 3 rings (SSSR count). The minimum atomic E-state index is -0.519. The van der Waals surface area contributed by atoms with E-state index in [0.717, 1.165) is 5.69 Å². The third-order valence-corrected chi connectivity index (χ3v) is 4.34. The van der Waals surface area contributed by atoms with Crippen molar-refractivity contribution in [3.05, 3.63) is 80.6 Å². The lowest BCUT2D eigenvalue weighted by Gasteiger charge is -2.07. The van der Waals surface area contributed by atoms with Crippen LogP contribution in [0.25, 0.3) is 0 Å². The summed E-state index contributed by atoms with van der Waals surface area (Å²) in [6.07, 6.45) is 1.47. The van der Waals surface area contributed by atoms with Crippen molar-refractivity contribution in [2.45, 2.75) is 13.5 Å². The fourth-order valence-corrected chi connectivity index (χ4v) is 2.83. The van der Waals surface area contributed by atoms with Crippen molar-refractivity contribution in [2.24, 2.45) is 5.10 Å². The second-order valence-electron chi connectivity index (χ2n) is 5.56. The highest BCUT2D eigenvalue weighted by molar-refractivity contribution is 7.13. The van der Waals surface area contributed by atoms with Gasteiger partial charge in [-0.2, -0.15) is 5.10 Å². The van der Waals surface area contributed by atoms with Crippen LogP contribution < -0.4 is 10.2 Å². The number of hydrazone groups is 1. The Bertz CT molecular complexity index is 973. The van der Waals surface area contributed by atoms with Gasteiger partial charge in [-0.1, -0.05) is 12.1 Å². The molecule has 0 amide bonds. The number of nitro benzene ring substituents is 1. The number of hydrogen-bond donors (Lipinski definition) is 1. The van der Waals surface area contributed by atoms with Crippen molar-refractivity contribution in [3.8, 4) is 5.75 Å². The van der Waals surface area contributed by atoms with Gasteiger partial charge in [0.05, 0.1) is 16.8 Å². The van der Waals surface area contributed by atoms with Gasteiger partial charge >= 0.3 is 5.69 Å². The van der Waals surface area contributed by atoms with Gasteiger partial charge in [-0.3, -0.25) is 15.5 Å². The maximum absolute atomic E-state index is 12.9. The molecule has 138 valence electrons. The molecule has 9 heteroatoms. The lowest BCUT2D eigenvalue weighted by atomic mass is 10.2. The lowest BCUT2D eigenvalue weighted by molar-refractivity contribution is -0.385. The molecule has 2 aromatic carbocycles. The summed E-state index contributed by atoms with van der Waals surface area (Å²) >= 11 is 1.41. The summed E-state index contributed by atoms with van der Waals surface area (Å²) in [4.78, 5) is 15.0. The number of halogens is 1. The van der Waals surface area contributed by atoms with Gasteiger partial charge in [0, 0.05) is 17.0 Å². The first-order valence-electron chi connectivity index (χ1n) is 7.88. The quantitative estimate of drug-likeness (QED) is 0.366. The average molecular weight is 386 g/mol. The fraction of sp³-hybridized carbons (Fsp3) is 0.111. The SMILES string of the molecule is Cc1csc(NN=Cc2ccc(OCc3ccc(F)cc3)c([N+](=O)[O-])c2)n1. The number of benzene rings is 2. The number of rotatable bonds is 7. The highest BCUT2D eigenvalue weighted by atomic mass is 32.1. The Morgan fingerprint density at radius 3 is 2.78 bits per heavy atom. The van der Waals surface area contributed by atoms with Crippen LogP contribution in [0, 0.1) is 22.9 Å². The smallest absolute Gasteiger partial charge is 0.311 e. The molecule has 0 aliphatic heterocycles. The van der Waals surface area contributed by atoms with Crippen LogP contribution in [0.4, 0.5) is 15.2 Å². The molecule has 1 heterocycles. The van der Waals surface area contributed by atoms with Crippen molar-refractivity contribution in [3.63, 3.8) is 0 Å². The first kappa shape index (κ1) is 18.5. The number of nitro groups is 1. The molecule has 7 nitrogen and oxygen atoms in total. The predicted octanol–water partition coefficient (Wildman–Crippen LogP) is 4.52. The second-order valence-corrected chi connectivity index (χ2v) is 6.42. The molecule has 0 saturated heterocycles. The largest absolute Gasteiger partial charge is 0.482 e. The minimum Gasteiger partial charge on any atom is -0.482 e. The van der Waals surface area contributed by atoms with Crippen molar-refractivity contribution < 1.29 is 14.1 Å². The third-order valence-electron chi connectivity index (χ3n) is 3.48. The normalized spacial score (nSPS) is 10.9. The first-order valence-corrected chi connectivity index (χ1v) is 8.76. The van der Waals surface area contributed by atoms with Crippen LogP contribution >= 0.6 is 11.3 Å². The number of aryl methyl sites for hydroxylation is 1. The van der Waals surface area contributed by atoms with Crippen LogP contribution in [-0.4, -0.2) is 16.1 Å². The van der Waals surface area contributed by atoms with Gasteiger partial charge in [0.1, 0.15) is 12.4 Å². The molecule has 0 aliphatic carbocycles. The predicted molar refractivity (Wildman–Crippen MR) is 102 cm³/mol. The number of ether oxygens (including phenoxy) is 1. The van der Waals surface area contributed by atoms with E-state index in [1.54, 1.807) is 18.2 Å². The summed E-state index contributed by atoms with van der Waals surface area (Å²) in [6.45, 7) is 1.97. The maximum atomic E-state index is 12.9. The standard InChI is InChI=1S/C18H15FN4O3S/c1-12-11-27-18(21-12)22-20-9-14-4-7-17(16(8-14)23(24)25)26-10-13-2-5-15(19)6-3-13/h2-9,11H,10H2,1H3,(H,21,22). The van der Waals surface area contributed by atoms with Crippen LogP contribution in [-0.2, 0) is 6.61 Å². The molecule has 0 spiro atoms. The minimum absolute atomic E-state index is 0.0967. The van der Waals surface area contributed by atoms with E-state index in [0.29, 0.717) is 16.3 Å². The third kappa shape index (κ3) is 5.08. The van der Waals surface area contributed by atoms with Crippen molar-refractivity contribution in [1.29, 1.82) is 0 Å². The van der Waals surface area contributed by atoms with E-state index < -0.39 is 4.92 Å². The number of anilines is 1. The Kier molecular flexibility index (Phi) is 5.72. The van der Waals surface area contributed by atoms with E-state index in [-0.39, 0.29) is 23.9 Å². The van der Waals surface area contributed by atoms with Gasteiger partial charge in [-0.15, -0.1) is 11.3 Å². The Morgan fingerprint density at radius 1 is 1.33 bits per heavy atom. The molecule has 0 atom stereocenters. The highest BCUT2D eigenvalue weighted by Crippen LogP contribution is 2.28.